The van der Waals surface area contributed by atoms with Crippen molar-refractivity contribution in [2.75, 3.05) is 26.3 Å². The highest BCUT2D eigenvalue weighted by molar-refractivity contribution is 7.89. The Morgan fingerprint density at radius 1 is 1.12 bits per heavy atom. The highest BCUT2D eigenvalue weighted by Gasteiger charge is 2.30. The van der Waals surface area contributed by atoms with Gasteiger partial charge in [0.25, 0.3) is 0 Å². The van der Waals surface area contributed by atoms with Crippen molar-refractivity contribution < 1.29 is 27.1 Å². The number of morpholine rings is 1. The van der Waals surface area contributed by atoms with Crippen LogP contribution in [0.5, 0.6) is 0 Å². The fourth-order valence-corrected chi connectivity index (χ4v) is 4.06. The van der Waals surface area contributed by atoms with Crippen LogP contribution in [0.2, 0.25) is 0 Å². The van der Waals surface area contributed by atoms with Crippen LogP contribution in [0.4, 0.5) is 4.39 Å². The molecule has 0 N–H and O–H groups in total. The molecule has 0 atom stereocenters. The summed E-state index contributed by atoms with van der Waals surface area (Å²) in [6, 6.07) is 12.3. The lowest BCUT2D eigenvalue weighted by molar-refractivity contribution is 0.0472. The third kappa shape index (κ3) is 4.09. The highest BCUT2D eigenvalue weighted by atomic mass is 32.2. The number of hydrogen-bond donors (Lipinski definition) is 0. The average Bonchev–Trinajstić information content (AvgIpc) is 2.68. The van der Waals surface area contributed by atoms with E-state index in [1.807, 2.05) is 18.2 Å². The zero-order chi connectivity index (χ0) is 18.6. The topological polar surface area (TPSA) is 72.9 Å². The molecule has 1 fully saturated rings. The van der Waals surface area contributed by atoms with Crippen molar-refractivity contribution in [3.63, 3.8) is 0 Å². The lowest BCUT2D eigenvalue weighted by atomic mass is 10.2. The van der Waals surface area contributed by atoms with Gasteiger partial charge in [-0.05, 0) is 23.8 Å². The summed E-state index contributed by atoms with van der Waals surface area (Å²) in [5.74, 6) is -1.62. The number of benzene rings is 2. The van der Waals surface area contributed by atoms with E-state index in [0.717, 1.165) is 22.0 Å². The Labute approximate surface area is 151 Å². The minimum atomic E-state index is -4.05. The first-order chi connectivity index (χ1) is 12.5. The zero-order valence-corrected chi connectivity index (χ0v) is 14.7. The van der Waals surface area contributed by atoms with Crippen LogP contribution in [-0.2, 0) is 26.1 Å². The molecule has 0 spiro atoms. The molecule has 0 amide bonds. The molecule has 6 nitrogen and oxygen atoms in total. The molecule has 1 heterocycles. The summed E-state index contributed by atoms with van der Waals surface area (Å²) in [7, 11) is -4.05. The lowest BCUT2D eigenvalue weighted by Gasteiger charge is -2.26. The van der Waals surface area contributed by atoms with Crippen molar-refractivity contribution in [1.82, 2.24) is 4.31 Å². The predicted octanol–water partition coefficient (Wildman–Crippen LogP) is 2.20. The molecule has 1 aliphatic heterocycles. The molecular weight excluding hydrogens is 361 g/mol. The van der Waals surface area contributed by atoms with Gasteiger partial charge in [0.05, 0.1) is 18.8 Å². The maximum atomic E-state index is 14.1. The molecule has 2 aromatic carbocycles. The van der Waals surface area contributed by atoms with Gasteiger partial charge in [-0.3, -0.25) is 0 Å². The molecule has 0 bridgehead atoms. The van der Waals surface area contributed by atoms with Crippen molar-refractivity contribution in [3.8, 4) is 0 Å². The normalized spacial score (nSPS) is 15.6. The summed E-state index contributed by atoms with van der Waals surface area (Å²) < 4.78 is 50.9. The number of rotatable bonds is 5. The Balaban J connectivity index is 1.79. The molecule has 8 heteroatoms. The Morgan fingerprint density at radius 2 is 1.81 bits per heavy atom. The highest BCUT2D eigenvalue weighted by Crippen LogP contribution is 2.22. The summed E-state index contributed by atoms with van der Waals surface area (Å²) >= 11 is 0. The van der Waals surface area contributed by atoms with E-state index in [1.54, 1.807) is 12.1 Å². The van der Waals surface area contributed by atoms with Crippen LogP contribution in [0.25, 0.3) is 0 Å². The monoisotopic (exact) mass is 379 g/mol. The van der Waals surface area contributed by atoms with E-state index in [0.29, 0.717) is 0 Å². The van der Waals surface area contributed by atoms with E-state index < -0.39 is 26.7 Å². The minimum Gasteiger partial charge on any atom is -0.457 e. The number of carbonyl (C=O) groups is 1. The van der Waals surface area contributed by atoms with E-state index in [2.05, 4.69) is 0 Å². The molecule has 0 aliphatic carbocycles. The number of ether oxygens (including phenoxy) is 2. The van der Waals surface area contributed by atoms with E-state index >= 15 is 0 Å². The molecule has 0 radical (unpaired) electrons. The molecule has 1 saturated heterocycles. The number of sulfonamides is 1. The predicted molar refractivity (Wildman–Crippen MR) is 91.5 cm³/mol. The van der Waals surface area contributed by atoms with Gasteiger partial charge in [-0.15, -0.1) is 0 Å². The Morgan fingerprint density at radius 3 is 2.50 bits per heavy atom. The van der Waals surface area contributed by atoms with Crippen molar-refractivity contribution in [2.24, 2.45) is 0 Å². The van der Waals surface area contributed by atoms with Gasteiger partial charge in [0.2, 0.25) is 10.0 Å². The zero-order valence-electron chi connectivity index (χ0n) is 13.9. The van der Waals surface area contributed by atoms with Gasteiger partial charge in [-0.2, -0.15) is 4.31 Å². The second-order valence-corrected chi connectivity index (χ2v) is 7.63. The van der Waals surface area contributed by atoms with Crippen molar-refractivity contribution >= 4 is 16.0 Å². The number of hydrogen-bond acceptors (Lipinski definition) is 5. The van der Waals surface area contributed by atoms with Crippen LogP contribution in [0.1, 0.15) is 15.9 Å². The van der Waals surface area contributed by atoms with E-state index in [9.17, 15) is 17.6 Å². The number of carbonyl (C=O) groups excluding carboxylic acids is 1. The number of esters is 1. The number of halogens is 1. The fraction of sp³-hybridized carbons (Fsp3) is 0.278. The molecule has 0 saturated carbocycles. The molecule has 26 heavy (non-hydrogen) atoms. The Kier molecular flexibility index (Phi) is 5.65. The third-order valence-electron chi connectivity index (χ3n) is 3.97. The molecule has 1 aliphatic rings. The molecule has 3 rings (SSSR count). The Hall–Kier alpha value is -2.29. The largest absolute Gasteiger partial charge is 0.457 e. The quantitative estimate of drug-likeness (QED) is 0.745. The fourth-order valence-electron chi connectivity index (χ4n) is 2.56. The van der Waals surface area contributed by atoms with Gasteiger partial charge in [0.1, 0.15) is 17.3 Å². The van der Waals surface area contributed by atoms with E-state index in [1.165, 1.54) is 6.07 Å². The SMILES string of the molecule is O=C(OCc1ccccc1)c1ccc(F)c(S(=O)(=O)N2CCOCC2)c1. The molecular formula is C18H18FNO5S. The van der Waals surface area contributed by atoms with Crippen LogP contribution < -0.4 is 0 Å². The van der Waals surface area contributed by atoms with Gasteiger partial charge in [0, 0.05) is 13.1 Å². The molecule has 138 valence electrons. The van der Waals surface area contributed by atoms with Crippen LogP contribution in [0.15, 0.2) is 53.4 Å². The van der Waals surface area contributed by atoms with Crippen LogP contribution in [-0.4, -0.2) is 45.0 Å². The van der Waals surface area contributed by atoms with Gasteiger partial charge in [0.15, 0.2) is 0 Å². The first-order valence-electron chi connectivity index (χ1n) is 8.07. The summed E-state index contributed by atoms with van der Waals surface area (Å²) in [5.41, 5.74) is 0.776. The van der Waals surface area contributed by atoms with Crippen LogP contribution >= 0.6 is 0 Å². The minimum absolute atomic E-state index is 0.0193. The first kappa shape index (κ1) is 18.5. The van der Waals surface area contributed by atoms with Crippen LogP contribution in [0, 0.1) is 5.82 Å². The summed E-state index contributed by atoms with van der Waals surface area (Å²) in [6.07, 6.45) is 0. The molecule has 2 aromatic rings. The third-order valence-corrected chi connectivity index (χ3v) is 5.88. The van der Waals surface area contributed by atoms with Gasteiger partial charge < -0.3 is 9.47 Å². The maximum absolute atomic E-state index is 14.1. The molecule has 0 aromatic heterocycles. The van der Waals surface area contributed by atoms with E-state index in [-0.39, 0.29) is 38.5 Å². The lowest BCUT2D eigenvalue weighted by Crippen LogP contribution is -2.41. The van der Waals surface area contributed by atoms with Crippen molar-refractivity contribution in [3.05, 3.63) is 65.5 Å². The first-order valence-corrected chi connectivity index (χ1v) is 9.51. The summed E-state index contributed by atoms with van der Waals surface area (Å²) in [6.45, 7) is 0.830. The van der Waals surface area contributed by atoms with E-state index in [4.69, 9.17) is 9.47 Å². The summed E-state index contributed by atoms with van der Waals surface area (Å²) in [5, 5.41) is 0. The van der Waals surface area contributed by atoms with Gasteiger partial charge in [-0.1, -0.05) is 30.3 Å². The van der Waals surface area contributed by atoms with Gasteiger partial charge in [-0.25, -0.2) is 17.6 Å². The Bertz CT molecular complexity index is 880. The number of nitrogens with zero attached hydrogens (tertiary/aromatic N) is 1. The van der Waals surface area contributed by atoms with Crippen molar-refractivity contribution in [1.29, 1.82) is 0 Å². The van der Waals surface area contributed by atoms with Crippen LogP contribution in [0.3, 0.4) is 0 Å². The maximum Gasteiger partial charge on any atom is 0.338 e. The average molecular weight is 379 g/mol. The molecule has 0 unspecified atom stereocenters. The second-order valence-electron chi connectivity index (χ2n) is 5.72. The standard InChI is InChI=1S/C18H18FNO5S/c19-16-7-6-15(18(21)25-13-14-4-2-1-3-5-14)12-17(16)26(22,23)20-8-10-24-11-9-20/h1-7,12H,8-11,13H2. The van der Waals surface area contributed by atoms with Crippen molar-refractivity contribution in [2.45, 2.75) is 11.5 Å². The second kappa shape index (κ2) is 7.94. The van der Waals surface area contributed by atoms with Gasteiger partial charge >= 0.3 is 5.97 Å². The summed E-state index contributed by atoms with van der Waals surface area (Å²) in [4.78, 5) is 11.7. The smallest absolute Gasteiger partial charge is 0.338 e.